The first-order valence-corrected chi connectivity index (χ1v) is 6.89. The van der Waals surface area contributed by atoms with E-state index in [1.54, 1.807) is 13.4 Å². The van der Waals surface area contributed by atoms with Crippen LogP contribution >= 0.6 is 0 Å². The monoisotopic (exact) mass is 291 g/mol. The molecule has 2 aromatic heterocycles. The van der Waals surface area contributed by atoms with Gasteiger partial charge in [0, 0.05) is 33.0 Å². The van der Waals surface area contributed by atoms with Crippen molar-refractivity contribution >= 4 is 5.91 Å². The van der Waals surface area contributed by atoms with Gasteiger partial charge in [0.05, 0.1) is 6.54 Å². The molecule has 1 amide bonds. The molecule has 0 radical (unpaired) electrons. The molecule has 2 heterocycles. The van der Waals surface area contributed by atoms with Gasteiger partial charge in [0.25, 0.3) is 5.91 Å². The Balaban J connectivity index is 1.92. The average molecular weight is 291 g/mol. The summed E-state index contributed by atoms with van der Waals surface area (Å²) in [4.78, 5) is 12.1. The number of hydrogen-bond acceptors (Lipinski definition) is 4. The Morgan fingerprint density at radius 2 is 2.24 bits per heavy atom. The van der Waals surface area contributed by atoms with Crippen LogP contribution in [-0.2, 0) is 24.9 Å². The molecular weight excluding hydrogens is 270 g/mol. The summed E-state index contributed by atoms with van der Waals surface area (Å²) in [7, 11) is 3.55. The molecule has 0 unspecified atom stereocenters. The van der Waals surface area contributed by atoms with Crippen LogP contribution < -0.4 is 5.32 Å². The summed E-state index contributed by atoms with van der Waals surface area (Å²) in [6, 6.07) is 3.73. The number of aromatic nitrogens is 4. The first kappa shape index (κ1) is 15.2. The van der Waals surface area contributed by atoms with Gasteiger partial charge in [-0.2, -0.15) is 0 Å². The van der Waals surface area contributed by atoms with Crippen LogP contribution in [0, 0.1) is 6.92 Å². The SMILES string of the molecule is COCCCn1cnnc1CNC(=O)c1ccc(C)n1C. The fourth-order valence-corrected chi connectivity index (χ4v) is 2.07. The summed E-state index contributed by atoms with van der Waals surface area (Å²) >= 11 is 0. The lowest BCUT2D eigenvalue weighted by Gasteiger charge is -2.08. The van der Waals surface area contributed by atoms with E-state index in [0.717, 1.165) is 24.5 Å². The summed E-state index contributed by atoms with van der Waals surface area (Å²) in [6.07, 6.45) is 2.55. The van der Waals surface area contributed by atoms with Crippen molar-refractivity contribution in [2.75, 3.05) is 13.7 Å². The predicted molar refractivity (Wildman–Crippen MR) is 77.8 cm³/mol. The normalized spacial score (nSPS) is 10.8. The second-order valence-electron chi connectivity index (χ2n) is 4.89. The first-order valence-electron chi connectivity index (χ1n) is 6.89. The predicted octanol–water partition coefficient (Wildman–Crippen LogP) is 0.892. The van der Waals surface area contributed by atoms with Crippen molar-refractivity contribution in [1.29, 1.82) is 0 Å². The third kappa shape index (κ3) is 3.69. The zero-order chi connectivity index (χ0) is 15.2. The molecule has 0 spiro atoms. The van der Waals surface area contributed by atoms with Gasteiger partial charge in [-0.25, -0.2) is 0 Å². The molecule has 0 atom stereocenters. The van der Waals surface area contributed by atoms with Crippen LogP contribution in [0.4, 0.5) is 0 Å². The number of hydrogen-bond donors (Lipinski definition) is 1. The van der Waals surface area contributed by atoms with Gasteiger partial charge >= 0.3 is 0 Å². The number of nitrogens with one attached hydrogen (secondary N) is 1. The lowest BCUT2D eigenvalue weighted by Crippen LogP contribution is -2.26. The Labute approximate surface area is 123 Å². The summed E-state index contributed by atoms with van der Waals surface area (Å²) in [6.45, 7) is 3.78. The van der Waals surface area contributed by atoms with E-state index in [2.05, 4.69) is 15.5 Å². The maximum absolute atomic E-state index is 12.1. The minimum absolute atomic E-state index is 0.114. The van der Waals surface area contributed by atoms with Crippen LogP contribution in [-0.4, -0.2) is 39.0 Å². The molecule has 0 fully saturated rings. The summed E-state index contributed by atoms with van der Waals surface area (Å²) in [5, 5.41) is 10.8. The molecule has 2 aromatic rings. The van der Waals surface area contributed by atoms with Crippen molar-refractivity contribution in [2.24, 2.45) is 7.05 Å². The van der Waals surface area contributed by atoms with Gasteiger partial charge in [-0.3, -0.25) is 4.79 Å². The minimum atomic E-state index is -0.114. The molecule has 0 saturated heterocycles. The zero-order valence-corrected chi connectivity index (χ0v) is 12.7. The van der Waals surface area contributed by atoms with Gasteiger partial charge < -0.3 is 19.2 Å². The summed E-state index contributed by atoms with van der Waals surface area (Å²) < 4.78 is 8.81. The van der Waals surface area contributed by atoms with Gasteiger partial charge in [0.15, 0.2) is 5.82 Å². The van der Waals surface area contributed by atoms with Crippen LogP contribution in [0.2, 0.25) is 0 Å². The van der Waals surface area contributed by atoms with Gasteiger partial charge in [0.2, 0.25) is 0 Å². The van der Waals surface area contributed by atoms with Gasteiger partial charge in [-0.15, -0.1) is 10.2 Å². The fraction of sp³-hybridized carbons (Fsp3) is 0.500. The molecule has 21 heavy (non-hydrogen) atoms. The molecular formula is C14H21N5O2. The van der Waals surface area contributed by atoms with E-state index >= 15 is 0 Å². The molecule has 0 aliphatic heterocycles. The van der Waals surface area contributed by atoms with E-state index in [1.807, 2.05) is 35.2 Å². The Morgan fingerprint density at radius 3 is 2.90 bits per heavy atom. The Hall–Kier alpha value is -2.15. The third-order valence-electron chi connectivity index (χ3n) is 3.46. The number of rotatable bonds is 7. The van der Waals surface area contributed by atoms with Gasteiger partial charge in [0.1, 0.15) is 12.0 Å². The van der Waals surface area contributed by atoms with Crippen LogP contribution in [0.25, 0.3) is 0 Å². The van der Waals surface area contributed by atoms with Gasteiger partial charge in [-0.05, 0) is 25.5 Å². The quantitative estimate of drug-likeness (QED) is 0.769. The topological polar surface area (TPSA) is 74.0 Å². The third-order valence-corrected chi connectivity index (χ3v) is 3.46. The van der Waals surface area contributed by atoms with E-state index in [4.69, 9.17) is 4.74 Å². The number of methoxy groups -OCH3 is 1. The van der Waals surface area contributed by atoms with E-state index in [1.165, 1.54) is 0 Å². The van der Waals surface area contributed by atoms with E-state index in [-0.39, 0.29) is 5.91 Å². The molecule has 114 valence electrons. The van der Waals surface area contributed by atoms with E-state index in [9.17, 15) is 4.79 Å². The van der Waals surface area contributed by atoms with Crippen molar-refractivity contribution in [3.05, 3.63) is 35.7 Å². The van der Waals surface area contributed by atoms with Crippen molar-refractivity contribution in [1.82, 2.24) is 24.6 Å². The number of amides is 1. The highest BCUT2D eigenvalue weighted by Gasteiger charge is 2.12. The molecule has 2 rings (SSSR count). The van der Waals surface area contributed by atoms with Crippen molar-refractivity contribution in [2.45, 2.75) is 26.4 Å². The Kier molecular flexibility index (Phi) is 5.10. The largest absolute Gasteiger partial charge is 0.385 e. The van der Waals surface area contributed by atoms with Crippen molar-refractivity contribution < 1.29 is 9.53 Å². The molecule has 1 N–H and O–H groups in total. The molecule has 7 nitrogen and oxygen atoms in total. The average Bonchev–Trinajstić information content (AvgIpc) is 3.05. The zero-order valence-electron chi connectivity index (χ0n) is 12.7. The van der Waals surface area contributed by atoms with Crippen LogP contribution in [0.3, 0.4) is 0 Å². The van der Waals surface area contributed by atoms with Crippen LogP contribution in [0.1, 0.15) is 28.4 Å². The minimum Gasteiger partial charge on any atom is -0.385 e. The molecule has 0 bridgehead atoms. The number of nitrogens with zero attached hydrogens (tertiary/aromatic N) is 4. The van der Waals surface area contributed by atoms with Crippen molar-refractivity contribution in [3.8, 4) is 0 Å². The molecule has 0 aliphatic rings. The molecule has 0 aliphatic carbocycles. The summed E-state index contributed by atoms with van der Waals surface area (Å²) in [5.74, 6) is 0.627. The first-order chi connectivity index (χ1) is 10.1. The highest BCUT2D eigenvalue weighted by molar-refractivity contribution is 5.92. The van der Waals surface area contributed by atoms with E-state index < -0.39 is 0 Å². The molecule has 7 heteroatoms. The summed E-state index contributed by atoms with van der Waals surface area (Å²) in [5.41, 5.74) is 1.68. The highest BCUT2D eigenvalue weighted by Crippen LogP contribution is 2.06. The fourth-order valence-electron chi connectivity index (χ4n) is 2.07. The lowest BCUT2D eigenvalue weighted by molar-refractivity contribution is 0.0941. The Bertz CT molecular complexity index is 602. The maximum Gasteiger partial charge on any atom is 0.268 e. The molecule has 0 aromatic carbocycles. The standard InChI is InChI=1S/C14H21N5O2/c1-11-5-6-12(18(11)2)14(20)15-9-13-17-16-10-19(13)7-4-8-21-3/h5-6,10H,4,7-9H2,1-3H3,(H,15,20). The number of ether oxygens (including phenoxy) is 1. The van der Waals surface area contributed by atoms with Gasteiger partial charge in [-0.1, -0.05) is 0 Å². The number of carbonyl (C=O) groups excluding carboxylic acids is 1. The second kappa shape index (κ2) is 7.03. The van der Waals surface area contributed by atoms with Crippen LogP contribution in [0.15, 0.2) is 18.5 Å². The van der Waals surface area contributed by atoms with E-state index in [0.29, 0.717) is 18.8 Å². The number of carbonyl (C=O) groups is 1. The van der Waals surface area contributed by atoms with Crippen molar-refractivity contribution in [3.63, 3.8) is 0 Å². The smallest absolute Gasteiger partial charge is 0.268 e. The maximum atomic E-state index is 12.1. The molecule has 0 saturated carbocycles. The highest BCUT2D eigenvalue weighted by atomic mass is 16.5. The lowest BCUT2D eigenvalue weighted by atomic mass is 10.4. The number of aryl methyl sites for hydroxylation is 2. The second-order valence-corrected chi connectivity index (χ2v) is 4.89. The Morgan fingerprint density at radius 1 is 1.43 bits per heavy atom. The van der Waals surface area contributed by atoms with Crippen LogP contribution in [0.5, 0.6) is 0 Å².